The van der Waals surface area contributed by atoms with E-state index in [1.165, 1.54) is 54.0 Å². The fourth-order valence-corrected chi connectivity index (χ4v) is 6.91. The summed E-state index contributed by atoms with van der Waals surface area (Å²) in [6.45, 7) is 0.962. The average Bonchev–Trinajstić information content (AvgIpc) is 3.57. The molecule has 0 unspecified atom stereocenters. The van der Waals surface area contributed by atoms with Crippen LogP contribution in [0.2, 0.25) is 0 Å². The van der Waals surface area contributed by atoms with Crippen LogP contribution in [-0.2, 0) is 33.5 Å². The van der Waals surface area contributed by atoms with E-state index in [9.17, 15) is 19.2 Å². The summed E-state index contributed by atoms with van der Waals surface area (Å²) in [7, 11) is 1.28. The minimum Gasteiger partial charge on any atom is -0.462 e. The molecule has 38 heavy (non-hydrogen) atoms. The van der Waals surface area contributed by atoms with Crippen LogP contribution in [0.3, 0.4) is 0 Å². The van der Waals surface area contributed by atoms with Crippen molar-refractivity contribution in [2.45, 2.75) is 22.5 Å². The average molecular weight is 600 g/mol. The van der Waals surface area contributed by atoms with Crippen LogP contribution in [0.4, 0.5) is 5.13 Å². The molecule has 0 radical (unpaired) electrons. The molecular formula is C20H21N7O7S4. The number of carbonyl (C=O) groups excluding carboxylic acids is 4. The van der Waals surface area contributed by atoms with Gasteiger partial charge in [-0.3, -0.25) is 19.3 Å². The molecule has 0 aromatic carbocycles. The highest BCUT2D eigenvalue weighted by Gasteiger charge is 2.54. The summed E-state index contributed by atoms with van der Waals surface area (Å²) in [5.41, 5.74) is 6.53. The van der Waals surface area contributed by atoms with Crippen molar-refractivity contribution in [1.82, 2.24) is 24.8 Å². The zero-order chi connectivity index (χ0) is 27.2. The third-order valence-electron chi connectivity index (χ3n) is 5.04. The van der Waals surface area contributed by atoms with Crippen LogP contribution in [0.1, 0.15) is 12.6 Å². The summed E-state index contributed by atoms with van der Waals surface area (Å²) >= 11 is 5.17. The van der Waals surface area contributed by atoms with Crippen molar-refractivity contribution in [3.8, 4) is 0 Å². The van der Waals surface area contributed by atoms with Gasteiger partial charge in [0.1, 0.15) is 47.3 Å². The number of carbonyl (C=O) groups is 4. The molecule has 4 rings (SSSR count). The van der Waals surface area contributed by atoms with E-state index in [-0.39, 0.29) is 35.4 Å². The van der Waals surface area contributed by atoms with E-state index < -0.39 is 35.2 Å². The zero-order valence-electron chi connectivity index (χ0n) is 19.9. The van der Waals surface area contributed by atoms with Crippen molar-refractivity contribution in [2.24, 2.45) is 5.16 Å². The van der Waals surface area contributed by atoms with E-state index in [4.69, 9.17) is 20.0 Å². The maximum absolute atomic E-state index is 13.2. The molecule has 2 aromatic heterocycles. The van der Waals surface area contributed by atoms with Gasteiger partial charge in [-0.05, 0) is 17.1 Å². The Bertz CT molecular complexity index is 1280. The number of rotatable bonds is 11. The number of fused-ring (bicyclic) bond motifs is 1. The van der Waals surface area contributed by atoms with Crippen LogP contribution in [0, 0.1) is 0 Å². The number of ether oxygens (including phenoxy) is 2. The molecule has 2 atom stereocenters. The van der Waals surface area contributed by atoms with E-state index in [1.54, 1.807) is 11.6 Å². The van der Waals surface area contributed by atoms with Gasteiger partial charge >= 0.3 is 11.9 Å². The van der Waals surface area contributed by atoms with Gasteiger partial charge in [-0.2, -0.15) is 0 Å². The van der Waals surface area contributed by atoms with Crippen LogP contribution in [0.25, 0.3) is 0 Å². The molecule has 14 nitrogen and oxygen atoms in total. The normalized spacial score (nSPS) is 18.9. The summed E-state index contributed by atoms with van der Waals surface area (Å²) in [4.78, 5) is 60.4. The van der Waals surface area contributed by atoms with Gasteiger partial charge in [0, 0.05) is 23.8 Å². The molecule has 202 valence electrons. The van der Waals surface area contributed by atoms with Crippen molar-refractivity contribution in [3.63, 3.8) is 0 Å². The highest BCUT2D eigenvalue weighted by atomic mass is 32.2. The first-order valence-corrected chi connectivity index (χ1v) is 14.5. The van der Waals surface area contributed by atoms with Crippen molar-refractivity contribution in [1.29, 1.82) is 0 Å². The number of nitrogen functional groups attached to an aromatic ring is 1. The quantitative estimate of drug-likeness (QED) is 0.0907. The maximum atomic E-state index is 13.2. The third kappa shape index (κ3) is 6.25. The zero-order valence-corrected chi connectivity index (χ0v) is 23.2. The smallest absolute Gasteiger partial charge is 0.355 e. The standard InChI is InChI=1S/C20H21N7O7S4/c1-9(28)33-3-4-34-19(31)15-10(6-35-12-5-22-26-38-12)7-36-18-14(17(30)27(15)18)24-16(29)13(25-32-2)11-8-37-20(21)23-11/h5,8,14,18H,3-4,6-7H2,1-2H3,(H2,21,23)(H,24,29)/b25-13-/t14-,18-/m1/s1. The number of thiazole rings is 1. The second kappa shape index (κ2) is 12.5. The minimum absolute atomic E-state index is 0.107. The van der Waals surface area contributed by atoms with Crippen molar-refractivity contribution in [3.05, 3.63) is 28.5 Å². The van der Waals surface area contributed by atoms with Crippen molar-refractivity contribution in [2.75, 3.05) is 37.6 Å². The number of anilines is 1. The highest BCUT2D eigenvalue weighted by molar-refractivity contribution is 8.01. The van der Waals surface area contributed by atoms with Crippen LogP contribution < -0.4 is 11.1 Å². The lowest BCUT2D eigenvalue weighted by Crippen LogP contribution is -2.71. The molecule has 1 fully saturated rings. The first-order chi connectivity index (χ1) is 18.3. The first-order valence-electron chi connectivity index (χ1n) is 10.8. The lowest BCUT2D eigenvalue weighted by atomic mass is 10.0. The van der Waals surface area contributed by atoms with Crippen LogP contribution in [-0.4, -0.2) is 92.2 Å². The molecular weight excluding hydrogens is 579 g/mol. The highest BCUT2D eigenvalue weighted by Crippen LogP contribution is 2.42. The van der Waals surface area contributed by atoms with Gasteiger partial charge in [-0.1, -0.05) is 9.64 Å². The summed E-state index contributed by atoms with van der Waals surface area (Å²) in [6, 6.07) is -0.922. The summed E-state index contributed by atoms with van der Waals surface area (Å²) in [5, 5.41) is 11.4. The van der Waals surface area contributed by atoms with Gasteiger partial charge in [-0.25, -0.2) is 9.78 Å². The van der Waals surface area contributed by atoms with Gasteiger partial charge in [0.05, 0.1) is 6.20 Å². The summed E-state index contributed by atoms with van der Waals surface area (Å²) in [5.74, 6) is -1.58. The lowest BCUT2D eigenvalue weighted by molar-refractivity contribution is -0.154. The monoisotopic (exact) mass is 599 g/mol. The number of oxime groups is 1. The Kier molecular flexibility index (Phi) is 9.18. The van der Waals surface area contributed by atoms with E-state index in [1.807, 2.05) is 0 Å². The second-order valence-electron chi connectivity index (χ2n) is 7.51. The van der Waals surface area contributed by atoms with Crippen LogP contribution in [0.15, 0.2) is 32.2 Å². The number of nitrogens with two attached hydrogens (primary N) is 1. The van der Waals surface area contributed by atoms with E-state index in [2.05, 4.69) is 25.0 Å². The minimum atomic E-state index is -0.922. The molecule has 2 amide bonds. The van der Waals surface area contributed by atoms with Crippen molar-refractivity contribution < 1.29 is 33.5 Å². The fourth-order valence-electron chi connectivity index (χ4n) is 3.45. The van der Waals surface area contributed by atoms with Crippen LogP contribution >= 0.6 is 46.4 Å². The van der Waals surface area contributed by atoms with Gasteiger partial charge in [0.15, 0.2) is 10.8 Å². The second-order valence-corrected chi connectivity index (χ2v) is 11.6. The molecule has 18 heteroatoms. The number of aromatic nitrogens is 3. The number of hydrogen-bond acceptors (Lipinski definition) is 16. The first kappa shape index (κ1) is 27.8. The lowest BCUT2D eigenvalue weighted by Gasteiger charge is -2.49. The van der Waals surface area contributed by atoms with E-state index >= 15 is 0 Å². The Morgan fingerprint density at radius 2 is 2.11 bits per heavy atom. The van der Waals surface area contributed by atoms with Crippen molar-refractivity contribution >= 4 is 81.0 Å². The summed E-state index contributed by atoms with van der Waals surface area (Å²) < 4.78 is 14.8. The Balaban J connectivity index is 1.50. The molecule has 2 aliphatic rings. The number of thioether (sulfide) groups is 2. The van der Waals surface area contributed by atoms with Gasteiger partial charge in [0.2, 0.25) is 0 Å². The van der Waals surface area contributed by atoms with E-state index in [0.717, 1.165) is 15.5 Å². The molecule has 3 N–H and O–H groups in total. The largest absolute Gasteiger partial charge is 0.462 e. The molecule has 0 spiro atoms. The fraction of sp³-hybridized carbons (Fsp3) is 0.400. The molecule has 2 aliphatic heterocycles. The van der Waals surface area contributed by atoms with Gasteiger partial charge in [-0.15, -0.1) is 40.0 Å². The number of amides is 2. The number of nitrogens with one attached hydrogen (secondary N) is 1. The molecule has 2 aromatic rings. The molecule has 4 heterocycles. The molecule has 1 saturated heterocycles. The predicted octanol–water partition coefficient (Wildman–Crippen LogP) is 0.480. The maximum Gasteiger partial charge on any atom is 0.355 e. The van der Waals surface area contributed by atoms with Gasteiger partial charge in [0.25, 0.3) is 11.8 Å². The number of hydrogen-bond donors (Lipinski definition) is 2. The van der Waals surface area contributed by atoms with Crippen LogP contribution in [0.5, 0.6) is 0 Å². The topological polar surface area (TPSA) is 188 Å². The predicted molar refractivity (Wildman–Crippen MR) is 140 cm³/mol. The molecule has 0 saturated carbocycles. The SMILES string of the molecule is CO/N=C(\C(=O)N[C@@H]1C(=O)N2C(C(=O)OCCOC(C)=O)=C(CSc3cnns3)CS[C@H]12)c1csc(N)n1. The Hall–Kier alpha value is -3.22. The summed E-state index contributed by atoms with van der Waals surface area (Å²) in [6.07, 6.45) is 1.61. The number of esters is 2. The number of nitrogens with zero attached hydrogens (tertiary/aromatic N) is 5. The molecule has 0 bridgehead atoms. The number of β-lactam (4-membered cyclic amide) rings is 1. The Morgan fingerprint density at radius 3 is 2.76 bits per heavy atom. The van der Waals surface area contributed by atoms with Gasteiger partial charge < -0.3 is 25.4 Å². The molecule has 0 aliphatic carbocycles. The Labute approximate surface area is 232 Å². The van der Waals surface area contributed by atoms with E-state index in [0.29, 0.717) is 17.1 Å². The third-order valence-corrected chi connectivity index (χ3v) is 8.98. The Morgan fingerprint density at radius 1 is 1.32 bits per heavy atom.